The molecule has 0 atom stereocenters. The molecule has 3 rings (SSSR count). The Morgan fingerprint density at radius 2 is 1.74 bits per heavy atom. The van der Waals surface area contributed by atoms with Crippen molar-refractivity contribution in [1.82, 2.24) is 10.3 Å². The van der Waals surface area contributed by atoms with Gasteiger partial charge in [-0.05, 0) is 42.9 Å². The monoisotopic (exact) mass is 417 g/mol. The highest BCUT2D eigenvalue weighted by Gasteiger charge is 2.22. The lowest BCUT2D eigenvalue weighted by molar-refractivity contribution is 0.199. The summed E-state index contributed by atoms with van der Waals surface area (Å²) in [5.41, 5.74) is 12.7. The van der Waals surface area contributed by atoms with Crippen molar-refractivity contribution in [3.8, 4) is 16.9 Å². The van der Waals surface area contributed by atoms with E-state index in [9.17, 15) is 4.79 Å². The number of rotatable bonds is 7. The van der Waals surface area contributed by atoms with E-state index in [2.05, 4.69) is 19.2 Å². The summed E-state index contributed by atoms with van der Waals surface area (Å²) >= 11 is 0. The normalized spacial score (nSPS) is 10.9. The summed E-state index contributed by atoms with van der Waals surface area (Å²) in [4.78, 5) is 17.4. The van der Waals surface area contributed by atoms with Crippen LogP contribution in [0.4, 0.5) is 4.79 Å². The van der Waals surface area contributed by atoms with E-state index in [1.54, 1.807) is 0 Å². The summed E-state index contributed by atoms with van der Waals surface area (Å²) in [7, 11) is 0. The largest absolute Gasteiger partial charge is 0.412 e. The van der Waals surface area contributed by atoms with Gasteiger partial charge in [-0.25, -0.2) is 4.79 Å². The molecule has 5 heteroatoms. The van der Waals surface area contributed by atoms with Gasteiger partial charge in [-0.15, -0.1) is 0 Å². The number of benzene rings is 2. The first kappa shape index (κ1) is 22.5. The van der Waals surface area contributed by atoms with Gasteiger partial charge in [-0.2, -0.15) is 0 Å². The summed E-state index contributed by atoms with van der Waals surface area (Å²) in [6.45, 7) is 8.95. The number of nitrogens with one attached hydrogen (secondary N) is 1. The van der Waals surface area contributed by atoms with Crippen molar-refractivity contribution in [2.45, 2.75) is 47.2 Å². The number of pyridine rings is 1. The maximum Gasteiger partial charge on any atom is 0.412 e. The highest BCUT2D eigenvalue weighted by Crippen LogP contribution is 2.38. The van der Waals surface area contributed by atoms with Crippen molar-refractivity contribution in [2.24, 2.45) is 11.7 Å². The van der Waals surface area contributed by atoms with Crippen LogP contribution in [0.15, 0.2) is 54.6 Å². The average molecular weight is 418 g/mol. The van der Waals surface area contributed by atoms with E-state index in [1.165, 1.54) is 0 Å². The molecular weight excluding hydrogens is 386 g/mol. The number of aryl methyl sites for hydroxylation is 2. The van der Waals surface area contributed by atoms with Crippen LogP contribution in [0.5, 0.6) is 5.75 Å². The van der Waals surface area contributed by atoms with Crippen LogP contribution in [0.25, 0.3) is 11.1 Å². The second-order valence-corrected chi connectivity index (χ2v) is 8.22. The summed E-state index contributed by atoms with van der Waals surface area (Å²) in [5, 5.41) is 2.83. The van der Waals surface area contributed by atoms with E-state index in [1.807, 2.05) is 68.4 Å². The second-order valence-electron chi connectivity index (χ2n) is 8.22. The van der Waals surface area contributed by atoms with E-state index in [0.717, 1.165) is 39.9 Å². The smallest absolute Gasteiger partial charge is 0.408 e. The van der Waals surface area contributed by atoms with Crippen LogP contribution in [0.3, 0.4) is 0 Å². The summed E-state index contributed by atoms with van der Waals surface area (Å²) < 4.78 is 5.82. The standard InChI is InChI=1S/C26H31N3O2/c1-17(2)14-23-22(15-27)24(21-12-10-18(3)11-13-21)25(19(4)29-23)31-26(30)28-16-20-8-6-5-7-9-20/h5-13,17H,14-16,27H2,1-4H3,(H,28,30). The number of hydrogen-bond acceptors (Lipinski definition) is 4. The first-order valence-electron chi connectivity index (χ1n) is 10.7. The maximum absolute atomic E-state index is 12.6. The SMILES string of the molecule is Cc1ccc(-c2c(CN)c(CC(C)C)nc(C)c2OC(=O)NCc2ccccc2)cc1. The van der Waals surface area contributed by atoms with Crippen LogP contribution in [0.1, 0.15) is 41.9 Å². The van der Waals surface area contributed by atoms with Crippen LogP contribution in [0.2, 0.25) is 0 Å². The predicted molar refractivity (Wildman–Crippen MR) is 125 cm³/mol. The fraction of sp³-hybridized carbons (Fsp3) is 0.308. The molecule has 0 spiro atoms. The van der Waals surface area contributed by atoms with Gasteiger partial charge in [0.1, 0.15) is 0 Å². The van der Waals surface area contributed by atoms with Crippen molar-refractivity contribution < 1.29 is 9.53 Å². The van der Waals surface area contributed by atoms with Gasteiger partial charge in [0.05, 0.1) is 5.69 Å². The van der Waals surface area contributed by atoms with Crippen LogP contribution >= 0.6 is 0 Å². The third kappa shape index (κ3) is 5.70. The van der Waals surface area contributed by atoms with Crippen LogP contribution in [-0.4, -0.2) is 11.1 Å². The molecule has 0 aliphatic carbocycles. The molecule has 3 aromatic rings. The van der Waals surface area contributed by atoms with E-state index in [-0.39, 0.29) is 0 Å². The van der Waals surface area contributed by atoms with E-state index in [0.29, 0.717) is 30.5 Å². The van der Waals surface area contributed by atoms with Crippen molar-refractivity contribution in [2.75, 3.05) is 0 Å². The number of aromatic nitrogens is 1. The number of amides is 1. The van der Waals surface area contributed by atoms with Gasteiger partial charge in [-0.1, -0.05) is 74.0 Å². The summed E-state index contributed by atoms with van der Waals surface area (Å²) in [6.07, 6.45) is 0.300. The minimum absolute atomic E-state index is 0.320. The molecule has 0 unspecified atom stereocenters. The van der Waals surface area contributed by atoms with Crippen LogP contribution < -0.4 is 15.8 Å². The molecular formula is C26H31N3O2. The Balaban J connectivity index is 1.99. The average Bonchev–Trinajstić information content (AvgIpc) is 2.75. The van der Waals surface area contributed by atoms with Gasteiger partial charge in [0.25, 0.3) is 0 Å². The predicted octanol–water partition coefficient (Wildman–Crippen LogP) is 5.31. The zero-order valence-corrected chi connectivity index (χ0v) is 18.7. The maximum atomic E-state index is 12.6. The zero-order chi connectivity index (χ0) is 22.4. The Morgan fingerprint density at radius 1 is 1.06 bits per heavy atom. The Kier molecular flexibility index (Phi) is 7.42. The number of nitrogens with zero attached hydrogens (tertiary/aromatic N) is 1. The molecule has 0 fully saturated rings. The highest BCUT2D eigenvalue weighted by molar-refractivity contribution is 5.80. The molecule has 0 saturated carbocycles. The lowest BCUT2D eigenvalue weighted by Gasteiger charge is -2.20. The number of carbonyl (C=O) groups is 1. The molecule has 0 aliphatic rings. The molecule has 1 heterocycles. The Labute approximate surface area is 184 Å². The van der Waals surface area contributed by atoms with Gasteiger partial charge in [0, 0.05) is 24.3 Å². The third-order valence-corrected chi connectivity index (χ3v) is 5.13. The van der Waals surface area contributed by atoms with Gasteiger partial charge in [0.2, 0.25) is 0 Å². The molecule has 1 amide bonds. The molecule has 0 radical (unpaired) electrons. The highest BCUT2D eigenvalue weighted by atomic mass is 16.6. The number of carbonyl (C=O) groups excluding carboxylic acids is 1. The lowest BCUT2D eigenvalue weighted by atomic mass is 9.93. The Hall–Kier alpha value is -3.18. The minimum atomic E-state index is -0.512. The fourth-order valence-electron chi connectivity index (χ4n) is 3.61. The molecule has 2 aromatic carbocycles. The first-order valence-corrected chi connectivity index (χ1v) is 10.7. The number of ether oxygens (including phenoxy) is 1. The van der Waals surface area contributed by atoms with Crippen molar-refractivity contribution >= 4 is 6.09 Å². The fourth-order valence-corrected chi connectivity index (χ4v) is 3.61. The molecule has 31 heavy (non-hydrogen) atoms. The minimum Gasteiger partial charge on any atom is -0.408 e. The lowest BCUT2D eigenvalue weighted by Crippen LogP contribution is -2.27. The second kappa shape index (κ2) is 10.2. The Morgan fingerprint density at radius 3 is 2.35 bits per heavy atom. The van der Waals surface area contributed by atoms with Gasteiger partial charge in [0.15, 0.2) is 5.75 Å². The van der Waals surface area contributed by atoms with Crippen LogP contribution in [0, 0.1) is 19.8 Å². The van der Waals surface area contributed by atoms with Gasteiger partial charge < -0.3 is 15.8 Å². The van der Waals surface area contributed by atoms with Crippen molar-refractivity contribution in [3.05, 3.63) is 82.7 Å². The summed E-state index contributed by atoms with van der Waals surface area (Å²) in [5.74, 6) is 0.895. The topological polar surface area (TPSA) is 77.2 Å². The van der Waals surface area contributed by atoms with Gasteiger partial charge >= 0.3 is 6.09 Å². The Bertz CT molecular complexity index is 1030. The van der Waals surface area contributed by atoms with Crippen LogP contribution in [-0.2, 0) is 19.5 Å². The molecule has 0 aliphatic heterocycles. The molecule has 0 bridgehead atoms. The van der Waals surface area contributed by atoms with E-state index in [4.69, 9.17) is 15.5 Å². The first-order chi connectivity index (χ1) is 14.9. The zero-order valence-electron chi connectivity index (χ0n) is 18.7. The van der Waals surface area contributed by atoms with E-state index < -0.39 is 6.09 Å². The molecule has 1 aromatic heterocycles. The van der Waals surface area contributed by atoms with Crippen molar-refractivity contribution in [3.63, 3.8) is 0 Å². The molecule has 3 N–H and O–H groups in total. The quantitative estimate of drug-likeness (QED) is 0.546. The van der Waals surface area contributed by atoms with Crippen molar-refractivity contribution in [1.29, 1.82) is 0 Å². The number of hydrogen-bond donors (Lipinski definition) is 2. The molecule has 162 valence electrons. The van der Waals surface area contributed by atoms with Gasteiger partial charge in [-0.3, -0.25) is 4.98 Å². The molecule has 5 nitrogen and oxygen atoms in total. The molecule has 0 saturated heterocycles. The summed E-state index contributed by atoms with van der Waals surface area (Å²) in [6, 6.07) is 17.9. The van der Waals surface area contributed by atoms with E-state index >= 15 is 0 Å². The number of nitrogens with two attached hydrogens (primary N) is 1. The third-order valence-electron chi connectivity index (χ3n) is 5.13.